The molecule has 6 nitrogen and oxygen atoms in total. The van der Waals surface area contributed by atoms with Crippen LogP contribution in [0.1, 0.15) is 20.8 Å². The van der Waals surface area contributed by atoms with Gasteiger partial charge in [-0.3, -0.25) is 0 Å². The van der Waals surface area contributed by atoms with Gasteiger partial charge in [0.2, 0.25) is 10.0 Å². The van der Waals surface area contributed by atoms with Crippen LogP contribution >= 0.6 is 11.6 Å². The molecule has 0 saturated carbocycles. The normalized spacial score (nSPS) is 13.7. The number of rotatable bonds is 5. The molecule has 1 heterocycles. The molecule has 1 rings (SSSR count). The van der Waals surface area contributed by atoms with E-state index in [1.54, 1.807) is 6.92 Å². The number of nitrogen functional groups attached to an aromatic ring is 1. The van der Waals surface area contributed by atoms with Crippen LogP contribution in [0.15, 0.2) is 17.2 Å². The molecular weight excluding hydrogens is 276 g/mol. The summed E-state index contributed by atoms with van der Waals surface area (Å²) in [4.78, 5) is 3.84. The molecule has 0 aliphatic heterocycles. The highest BCUT2D eigenvalue weighted by atomic mass is 35.5. The lowest BCUT2D eigenvalue weighted by Crippen LogP contribution is -2.36. The van der Waals surface area contributed by atoms with E-state index < -0.39 is 10.0 Å². The maximum atomic E-state index is 12.0. The molecule has 18 heavy (non-hydrogen) atoms. The zero-order valence-corrected chi connectivity index (χ0v) is 12.0. The predicted molar refractivity (Wildman–Crippen MR) is 71.7 cm³/mol. The minimum atomic E-state index is -3.62. The van der Waals surface area contributed by atoms with Crippen LogP contribution in [0.2, 0.25) is 5.02 Å². The van der Waals surface area contributed by atoms with Crippen molar-refractivity contribution in [2.75, 3.05) is 5.43 Å². The van der Waals surface area contributed by atoms with Crippen molar-refractivity contribution in [3.8, 4) is 0 Å². The van der Waals surface area contributed by atoms with Gasteiger partial charge in [0, 0.05) is 12.2 Å². The first-order chi connectivity index (χ1) is 8.27. The van der Waals surface area contributed by atoms with Crippen LogP contribution in [-0.2, 0) is 10.0 Å². The topological polar surface area (TPSA) is 97.1 Å². The van der Waals surface area contributed by atoms with E-state index in [0.717, 1.165) is 0 Å². The molecule has 1 atom stereocenters. The lowest BCUT2D eigenvalue weighted by molar-refractivity contribution is 0.476. The number of nitrogens with zero attached hydrogens (tertiary/aromatic N) is 1. The number of hydrogen-bond acceptors (Lipinski definition) is 5. The highest BCUT2D eigenvalue weighted by Crippen LogP contribution is 2.21. The van der Waals surface area contributed by atoms with E-state index in [0.29, 0.717) is 0 Å². The second-order valence-electron chi connectivity index (χ2n) is 4.30. The van der Waals surface area contributed by atoms with Crippen molar-refractivity contribution >= 4 is 27.4 Å². The number of nitrogens with one attached hydrogen (secondary N) is 2. The van der Waals surface area contributed by atoms with Gasteiger partial charge in [0.25, 0.3) is 0 Å². The van der Waals surface area contributed by atoms with E-state index in [1.807, 2.05) is 13.8 Å². The first kappa shape index (κ1) is 15.2. The van der Waals surface area contributed by atoms with Gasteiger partial charge in [-0.15, -0.1) is 0 Å². The highest BCUT2D eigenvalue weighted by molar-refractivity contribution is 7.89. The summed E-state index contributed by atoms with van der Waals surface area (Å²) in [6.07, 6.45) is 1.20. The SMILES string of the molecule is CC(C)C(C)NS(=O)(=O)c1cnc(NN)c(Cl)c1. The largest absolute Gasteiger partial charge is 0.307 e. The Morgan fingerprint density at radius 2 is 2.00 bits per heavy atom. The standard InChI is InChI=1S/C10H17ClN4O2S/c1-6(2)7(3)15-18(16,17)8-4-9(11)10(14-12)13-5-8/h4-7,15H,12H2,1-3H3,(H,13,14). The Hall–Kier alpha value is -0.890. The van der Waals surface area contributed by atoms with Gasteiger partial charge >= 0.3 is 0 Å². The van der Waals surface area contributed by atoms with Crippen LogP contribution in [0, 0.1) is 5.92 Å². The van der Waals surface area contributed by atoms with E-state index in [4.69, 9.17) is 17.4 Å². The van der Waals surface area contributed by atoms with Crippen LogP contribution < -0.4 is 16.0 Å². The van der Waals surface area contributed by atoms with Crippen molar-refractivity contribution < 1.29 is 8.42 Å². The Bertz CT molecular complexity index is 519. The third-order valence-corrected chi connectivity index (χ3v) is 4.42. The molecule has 1 aromatic rings. The minimum absolute atomic E-state index is 0.0130. The van der Waals surface area contributed by atoms with Crippen molar-refractivity contribution in [2.45, 2.75) is 31.7 Å². The molecule has 0 bridgehead atoms. The van der Waals surface area contributed by atoms with E-state index >= 15 is 0 Å². The average molecular weight is 293 g/mol. The van der Waals surface area contributed by atoms with Gasteiger partial charge in [0.05, 0.1) is 5.02 Å². The summed E-state index contributed by atoms with van der Waals surface area (Å²) in [5, 5.41) is 0.151. The number of hydrazine groups is 1. The molecule has 0 saturated heterocycles. The second kappa shape index (κ2) is 5.83. The van der Waals surface area contributed by atoms with Gasteiger partial charge < -0.3 is 5.43 Å². The predicted octanol–water partition coefficient (Wildman–Crippen LogP) is 1.34. The Labute approximate surface area is 112 Å². The third-order valence-electron chi connectivity index (χ3n) is 2.60. The number of nitrogens with two attached hydrogens (primary N) is 1. The van der Waals surface area contributed by atoms with Gasteiger partial charge in [-0.05, 0) is 18.9 Å². The van der Waals surface area contributed by atoms with E-state index in [2.05, 4.69) is 15.1 Å². The summed E-state index contributed by atoms with van der Waals surface area (Å²) in [5.41, 5.74) is 2.27. The summed E-state index contributed by atoms with van der Waals surface area (Å²) in [5.74, 6) is 5.59. The first-order valence-corrected chi connectivity index (χ1v) is 7.28. The molecule has 102 valence electrons. The zero-order chi connectivity index (χ0) is 13.9. The third kappa shape index (κ3) is 3.55. The monoisotopic (exact) mass is 292 g/mol. The minimum Gasteiger partial charge on any atom is -0.307 e. The molecule has 4 N–H and O–H groups in total. The average Bonchev–Trinajstić information content (AvgIpc) is 2.28. The molecule has 0 amide bonds. The Morgan fingerprint density at radius 1 is 1.39 bits per heavy atom. The Kier molecular flexibility index (Phi) is 4.92. The molecule has 0 aromatic carbocycles. The number of halogens is 1. The van der Waals surface area contributed by atoms with E-state index in [-0.39, 0.29) is 27.7 Å². The van der Waals surface area contributed by atoms with Gasteiger partial charge in [0.1, 0.15) is 4.90 Å². The zero-order valence-electron chi connectivity index (χ0n) is 10.4. The molecular formula is C10H17ClN4O2S. The number of pyridine rings is 1. The van der Waals surface area contributed by atoms with Crippen molar-refractivity contribution in [3.63, 3.8) is 0 Å². The van der Waals surface area contributed by atoms with Crippen LogP contribution in [0.25, 0.3) is 0 Å². The molecule has 1 unspecified atom stereocenters. The quantitative estimate of drug-likeness (QED) is 0.562. The van der Waals surface area contributed by atoms with Crippen molar-refractivity contribution in [2.24, 2.45) is 11.8 Å². The number of aromatic nitrogens is 1. The van der Waals surface area contributed by atoms with Crippen molar-refractivity contribution in [3.05, 3.63) is 17.3 Å². The second-order valence-corrected chi connectivity index (χ2v) is 6.42. The fourth-order valence-electron chi connectivity index (χ4n) is 1.12. The molecule has 0 spiro atoms. The van der Waals surface area contributed by atoms with Crippen molar-refractivity contribution in [1.29, 1.82) is 0 Å². The lowest BCUT2D eigenvalue weighted by Gasteiger charge is -2.17. The fourth-order valence-corrected chi connectivity index (χ4v) is 2.77. The Morgan fingerprint density at radius 3 is 2.44 bits per heavy atom. The molecule has 0 aliphatic carbocycles. The lowest BCUT2D eigenvalue weighted by atomic mass is 10.1. The molecule has 1 aromatic heterocycles. The van der Waals surface area contributed by atoms with Gasteiger partial charge in [-0.25, -0.2) is 24.0 Å². The van der Waals surface area contributed by atoms with Crippen molar-refractivity contribution in [1.82, 2.24) is 9.71 Å². The van der Waals surface area contributed by atoms with Crippen LogP contribution in [-0.4, -0.2) is 19.4 Å². The van der Waals surface area contributed by atoms with E-state index in [9.17, 15) is 8.42 Å². The smallest absolute Gasteiger partial charge is 0.242 e. The number of sulfonamides is 1. The maximum absolute atomic E-state index is 12.0. The van der Waals surface area contributed by atoms with Crippen LogP contribution in [0.4, 0.5) is 5.82 Å². The first-order valence-electron chi connectivity index (χ1n) is 5.42. The summed E-state index contributed by atoms with van der Waals surface area (Å²) < 4.78 is 26.6. The van der Waals surface area contributed by atoms with Gasteiger partial charge in [-0.1, -0.05) is 25.4 Å². The van der Waals surface area contributed by atoms with Gasteiger partial charge in [-0.2, -0.15) is 0 Å². The number of hydrogen-bond donors (Lipinski definition) is 3. The summed E-state index contributed by atoms with van der Waals surface area (Å²) in [6, 6.07) is 1.13. The summed E-state index contributed by atoms with van der Waals surface area (Å²) in [6.45, 7) is 5.66. The molecule has 8 heteroatoms. The fraction of sp³-hybridized carbons (Fsp3) is 0.500. The van der Waals surface area contributed by atoms with Gasteiger partial charge in [0.15, 0.2) is 5.82 Å². The van der Waals surface area contributed by atoms with Crippen LogP contribution in [0.5, 0.6) is 0 Å². The summed E-state index contributed by atoms with van der Waals surface area (Å²) >= 11 is 5.84. The van der Waals surface area contributed by atoms with Crippen LogP contribution in [0.3, 0.4) is 0 Å². The van der Waals surface area contributed by atoms with E-state index in [1.165, 1.54) is 12.3 Å². The maximum Gasteiger partial charge on any atom is 0.242 e. The highest BCUT2D eigenvalue weighted by Gasteiger charge is 2.20. The Balaban J connectivity index is 3.02. The molecule has 0 fully saturated rings. The summed E-state index contributed by atoms with van der Waals surface area (Å²) in [7, 11) is -3.62. The molecule has 0 aliphatic rings. The number of anilines is 1. The molecule has 0 radical (unpaired) electrons.